The van der Waals surface area contributed by atoms with E-state index in [0.29, 0.717) is 12.8 Å². The van der Waals surface area contributed by atoms with Gasteiger partial charge < -0.3 is 15.4 Å². The number of hydrogen-bond acceptors (Lipinski definition) is 5. The Morgan fingerprint density at radius 3 is 2.64 bits per heavy atom. The number of nitrogens with zero attached hydrogens (tertiary/aromatic N) is 1. The molecule has 28 heavy (non-hydrogen) atoms. The van der Waals surface area contributed by atoms with Crippen molar-refractivity contribution in [3.63, 3.8) is 0 Å². The second kappa shape index (κ2) is 7.97. The molecule has 0 bridgehead atoms. The van der Waals surface area contributed by atoms with Crippen molar-refractivity contribution in [2.45, 2.75) is 44.2 Å². The lowest BCUT2D eigenvalue weighted by atomic mass is 9.98. The maximum absolute atomic E-state index is 12.5. The van der Waals surface area contributed by atoms with Gasteiger partial charge in [-0.25, -0.2) is 4.79 Å². The molecule has 2 N–H and O–H groups in total. The van der Waals surface area contributed by atoms with Gasteiger partial charge in [0.2, 0.25) is 0 Å². The Kier molecular flexibility index (Phi) is 5.81. The number of carbonyl (C=O) groups is 4. The highest BCUT2D eigenvalue weighted by atomic mass is 35.5. The Bertz CT molecular complexity index is 839. The molecule has 2 fully saturated rings. The standard InChI is InChI=1S/C18H19Cl2N3O5/c1-10(15(25)21-12-6-4-5-11(19)14(12)20)28-13(24)9-23-16(26)18(22-17(23)27)7-2-3-8-18/h4-6,10H,2-3,7-9H2,1H3,(H,21,25)(H,22,27)/t10-/m1/s1. The zero-order valence-electron chi connectivity index (χ0n) is 15.1. The van der Waals surface area contributed by atoms with E-state index >= 15 is 0 Å². The van der Waals surface area contributed by atoms with E-state index in [1.165, 1.54) is 6.92 Å². The summed E-state index contributed by atoms with van der Waals surface area (Å²) in [5.41, 5.74) is -0.622. The number of halogens is 2. The summed E-state index contributed by atoms with van der Waals surface area (Å²) in [6.07, 6.45) is 1.63. The van der Waals surface area contributed by atoms with Gasteiger partial charge in [0.25, 0.3) is 11.8 Å². The second-order valence-corrected chi connectivity index (χ2v) is 7.62. The second-order valence-electron chi connectivity index (χ2n) is 6.83. The summed E-state index contributed by atoms with van der Waals surface area (Å²) in [6.45, 7) is 0.817. The summed E-state index contributed by atoms with van der Waals surface area (Å²) in [7, 11) is 0. The zero-order chi connectivity index (χ0) is 20.5. The molecule has 3 rings (SSSR count). The molecule has 4 amide bonds. The normalized spacial score (nSPS) is 18.9. The van der Waals surface area contributed by atoms with Crippen LogP contribution in [-0.2, 0) is 19.1 Å². The van der Waals surface area contributed by atoms with Crippen LogP contribution in [0.25, 0.3) is 0 Å². The van der Waals surface area contributed by atoms with Crippen LogP contribution in [0, 0.1) is 0 Å². The summed E-state index contributed by atoms with van der Waals surface area (Å²) >= 11 is 11.9. The molecule has 150 valence electrons. The summed E-state index contributed by atoms with van der Waals surface area (Å²) in [5, 5.41) is 5.62. The fourth-order valence-electron chi connectivity index (χ4n) is 3.39. The number of nitrogens with one attached hydrogen (secondary N) is 2. The summed E-state index contributed by atoms with van der Waals surface area (Å²) in [6, 6.07) is 4.11. The molecule has 0 radical (unpaired) electrons. The predicted octanol–water partition coefficient (Wildman–Crippen LogP) is 2.73. The average Bonchev–Trinajstić information content (AvgIpc) is 3.20. The molecular weight excluding hydrogens is 409 g/mol. The number of carbonyl (C=O) groups excluding carboxylic acids is 4. The molecule has 0 aromatic heterocycles. The van der Waals surface area contributed by atoms with Gasteiger partial charge >= 0.3 is 12.0 Å². The number of benzene rings is 1. The van der Waals surface area contributed by atoms with Crippen molar-refractivity contribution in [2.24, 2.45) is 0 Å². The first-order valence-corrected chi connectivity index (χ1v) is 9.57. The van der Waals surface area contributed by atoms with Crippen molar-refractivity contribution in [1.29, 1.82) is 0 Å². The quantitative estimate of drug-likeness (QED) is 0.555. The topological polar surface area (TPSA) is 105 Å². The number of rotatable bonds is 5. The Morgan fingerprint density at radius 2 is 1.96 bits per heavy atom. The van der Waals surface area contributed by atoms with Gasteiger partial charge in [0.15, 0.2) is 6.10 Å². The van der Waals surface area contributed by atoms with Crippen LogP contribution in [0.5, 0.6) is 0 Å². The summed E-state index contributed by atoms with van der Waals surface area (Å²) in [4.78, 5) is 49.9. The van der Waals surface area contributed by atoms with E-state index in [-0.39, 0.29) is 15.7 Å². The number of hydrogen-bond donors (Lipinski definition) is 2. The molecule has 1 spiro atoms. The van der Waals surface area contributed by atoms with Crippen LogP contribution in [0.2, 0.25) is 10.0 Å². The van der Waals surface area contributed by atoms with Gasteiger partial charge in [-0.15, -0.1) is 0 Å². The van der Waals surface area contributed by atoms with Crippen LogP contribution in [0.3, 0.4) is 0 Å². The van der Waals surface area contributed by atoms with E-state index in [4.69, 9.17) is 27.9 Å². The van der Waals surface area contributed by atoms with Crippen molar-refractivity contribution < 1.29 is 23.9 Å². The number of esters is 1. The largest absolute Gasteiger partial charge is 0.451 e. The van der Waals surface area contributed by atoms with E-state index in [2.05, 4.69) is 10.6 Å². The molecule has 1 saturated heterocycles. The van der Waals surface area contributed by atoms with Crippen LogP contribution < -0.4 is 10.6 Å². The molecular formula is C18H19Cl2N3O5. The fraction of sp³-hybridized carbons (Fsp3) is 0.444. The molecule has 1 saturated carbocycles. The number of anilines is 1. The van der Waals surface area contributed by atoms with Gasteiger partial charge in [0.1, 0.15) is 12.1 Å². The van der Waals surface area contributed by atoms with Crippen molar-refractivity contribution in [3.05, 3.63) is 28.2 Å². The lowest BCUT2D eigenvalue weighted by Crippen LogP contribution is -2.44. The minimum absolute atomic E-state index is 0.164. The van der Waals surface area contributed by atoms with Crippen molar-refractivity contribution in [2.75, 3.05) is 11.9 Å². The van der Waals surface area contributed by atoms with Crippen LogP contribution in [0.15, 0.2) is 18.2 Å². The highest BCUT2D eigenvalue weighted by Crippen LogP contribution is 2.35. The van der Waals surface area contributed by atoms with E-state index < -0.39 is 42.0 Å². The highest BCUT2D eigenvalue weighted by molar-refractivity contribution is 6.44. The van der Waals surface area contributed by atoms with Crippen LogP contribution >= 0.6 is 23.2 Å². The lowest BCUT2D eigenvalue weighted by molar-refractivity contribution is -0.155. The van der Waals surface area contributed by atoms with Crippen LogP contribution in [0.4, 0.5) is 10.5 Å². The molecule has 1 aliphatic heterocycles. The van der Waals surface area contributed by atoms with Crippen molar-refractivity contribution in [1.82, 2.24) is 10.2 Å². The summed E-state index contributed by atoms with van der Waals surface area (Å²) < 4.78 is 5.06. The van der Waals surface area contributed by atoms with Gasteiger partial charge in [-0.2, -0.15) is 0 Å². The minimum atomic E-state index is -1.16. The third-order valence-electron chi connectivity index (χ3n) is 4.88. The number of imide groups is 1. The van der Waals surface area contributed by atoms with Crippen molar-refractivity contribution in [3.8, 4) is 0 Å². The Balaban J connectivity index is 1.57. The number of amides is 4. The molecule has 2 aliphatic rings. The molecule has 1 aliphatic carbocycles. The Hall–Kier alpha value is -2.32. The first-order valence-electron chi connectivity index (χ1n) is 8.82. The van der Waals surface area contributed by atoms with Crippen LogP contribution in [-0.4, -0.2) is 46.9 Å². The van der Waals surface area contributed by atoms with Gasteiger partial charge in [-0.05, 0) is 31.9 Å². The number of urea groups is 1. The van der Waals surface area contributed by atoms with Crippen LogP contribution in [0.1, 0.15) is 32.6 Å². The SMILES string of the molecule is C[C@@H](OC(=O)CN1C(=O)NC2(CCCC2)C1=O)C(=O)Nc1cccc(Cl)c1Cl. The molecule has 10 heteroatoms. The smallest absolute Gasteiger partial charge is 0.327 e. The van der Waals surface area contributed by atoms with E-state index in [1.54, 1.807) is 18.2 Å². The molecule has 1 heterocycles. The van der Waals surface area contributed by atoms with Gasteiger partial charge in [0.05, 0.1) is 15.7 Å². The van der Waals surface area contributed by atoms with Gasteiger partial charge in [-0.3, -0.25) is 19.3 Å². The highest BCUT2D eigenvalue weighted by Gasteiger charge is 2.52. The van der Waals surface area contributed by atoms with Crippen molar-refractivity contribution >= 4 is 52.7 Å². The van der Waals surface area contributed by atoms with Gasteiger partial charge in [-0.1, -0.05) is 42.1 Å². The first-order chi connectivity index (χ1) is 13.2. The summed E-state index contributed by atoms with van der Waals surface area (Å²) in [5.74, 6) is -1.91. The molecule has 8 nitrogen and oxygen atoms in total. The van der Waals surface area contributed by atoms with E-state index in [1.807, 2.05) is 0 Å². The Morgan fingerprint density at radius 1 is 1.29 bits per heavy atom. The Labute approximate surface area is 171 Å². The monoisotopic (exact) mass is 427 g/mol. The first kappa shape index (κ1) is 20.4. The van der Waals surface area contributed by atoms with Gasteiger partial charge in [0, 0.05) is 0 Å². The van der Waals surface area contributed by atoms with E-state index in [0.717, 1.165) is 17.7 Å². The number of ether oxygens (including phenoxy) is 1. The minimum Gasteiger partial charge on any atom is -0.451 e. The average molecular weight is 428 g/mol. The zero-order valence-corrected chi connectivity index (χ0v) is 16.6. The third kappa shape index (κ3) is 3.93. The lowest BCUT2D eigenvalue weighted by Gasteiger charge is -2.20. The maximum Gasteiger partial charge on any atom is 0.327 e. The maximum atomic E-state index is 12.5. The fourth-order valence-corrected chi connectivity index (χ4v) is 3.74. The third-order valence-corrected chi connectivity index (χ3v) is 5.70. The van der Waals surface area contributed by atoms with E-state index in [9.17, 15) is 19.2 Å². The molecule has 1 aromatic carbocycles. The predicted molar refractivity (Wildman–Crippen MR) is 102 cm³/mol. The molecule has 0 unspecified atom stereocenters. The molecule has 1 atom stereocenters. The molecule has 1 aromatic rings.